The van der Waals surface area contributed by atoms with E-state index in [0.717, 1.165) is 39.0 Å². The third kappa shape index (κ3) is 5.93. The molecule has 0 aliphatic carbocycles. The van der Waals surface area contributed by atoms with Gasteiger partial charge < -0.3 is 20.6 Å². The second-order valence-electron chi connectivity index (χ2n) is 7.66. The van der Waals surface area contributed by atoms with Crippen molar-refractivity contribution in [3.63, 3.8) is 0 Å². The van der Waals surface area contributed by atoms with Gasteiger partial charge in [-0.05, 0) is 44.2 Å². The highest BCUT2D eigenvalue weighted by Crippen LogP contribution is 2.21. The molecule has 2 atom stereocenters. The van der Waals surface area contributed by atoms with E-state index in [0.29, 0.717) is 5.92 Å². The molecule has 3 N–H and O–H groups in total. The van der Waals surface area contributed by atoms with Crippen LogP contribution in [0.25, 0.3) is 0 Å². The van der Waals surface area contributed by atoms with Crippen LogP contribution >= 0.6 is 0 Å². The predicted molar refractivity (Wildman–Crippen MR) is 85.9 cm³/mol. The highest BCUT2D eigenvalue weighted by atomic mass is 16.3. The van der Waals surface area contributed by atoms with Crippen molar-refractivity contribution >= 4 is 5.91 Å². The van der Waals surface area contributed by atoms with E-state index in [1.165, 1.54) is 0 Å². The van der Waals surface area contributed by atoms with Crippen molar-refractivity contribution in [1.82, 2.24) is 9.80 Å². The molecule has 1 rings (SSSR count). The number of carbonyl (C=O) groups is 1. The Morgan fingerprint density at radius 1 is 1.38 bits per heavy atom. The number of hydrogen-bond acceptors (Lipinski definition) is 4. The van der Waals surface area contributed by atoms with Gasteiger partial charge in [-0.3, -0.25) is 4.79 Å². The summed E-state index contributed by atoms with van der Waals surface area (Å²) in [6.07, 6.45) is 1.89. The van der Waals surface area contributed by atoms with Crippen LogP contribution in [0.2, 0.25) is 0 Å². The lowest BCUT2D eigenvalue weighted by Gasteiger charge is -2.36. The summed E-state index contributed by atoms with van der Waals surface area (Å²) in [6.45, 7) is 11.4. The number of piperidine rings is 1. The number of β-amino-alcohol motifs (C(OH)–C–C–N with tert-alkyl or cyclic N) is 1. The summed E-state index contributed by atoms with van der Waals surface area (Å²) >= 11 is 0. The monoisotopic (exact) mass is 299 g/mol. The molecule has 1 amide bonds. The second kappa shape index (κ2) is 7.56. The Morgan fingerprint density at radius 3 is 2.33 bits per heavy atom. The Labute approximate surface area is 129 Å². The molecule has 124 valence electrons. The molecular weight excluding hydrogens is 266 g/mol. The number of likely N-dealkylation sites (tertiary alicyclic amines) is 1. The first kappa shape index (κ1) is 18.4. The maximum Gasteiger partial charge on any atom is 0.239 e. The van der Waals surface area contributed by atoms with Gasteiger partial charge >= 0.3 is 0 Å². The topological polar surface area (TPSA) is 69.8 Å². The van der Waals surface area contributed by atoms with Crippen molar-refractivity contribution in [1.29, 1.82) is 0 Å². The minimum Gasteiger partial charge on any atom is -0.392 e. The molecule has 5 heteroatoms. The summed E-state index contributed by atoms with van der Waals surface area (Å²) in [7, 11) is 1.86. The first-order valence-electron chi connectivity index (χ1n) is 8.02. The molecule has 0 spiro atoms. The van der Waals surface area contributed by atoms with Gasteiger partial charge in [-0.1, -0.05) is 20.8 Å². The molecule has 1 heterocycles. The van der Waals surface area contributed by atoms with Crippen LogP contribution in [0.5, 0.6) is 0 Å². The Morgan fingerprint density at radius 2 is 1.90 bits per heavy atom. The molecule has 1 unspecified atom stereocenters. The molecule has 1 aliphatic heterocycles. The molecule has 5 nitrogen and oxygen atoms in total. The van der Waals surface area contributed by atoms with Crippen LogP contribution < -0.4 is 5.73 Å². The van der Waals surface area contributed by atoms with Gasteiger partial charge in [0, 0.05) is 20.1 Å². The molecule has 0 bridgehead atoms. The SMILES string of the molecule is CC(O)CN1CCC(CN(C)C(=O)[C@@H](N)C(C)(C)C)CC1. The Bertz CT molecular complexity index is 331. The smallest absolute Gasteiger partial charge is 0.239 e. The fourth-order valence-corrected chi connectivity index (χ4v) is 2.81. The lowest BCUT2D eigenvalue weighted by atomic mass is 9.86. The average Bonchev–Trinajstić information content (AvgIpc) is 2.37. The van der Waals surface area contributed by atoms with Crippen LogP contribution in [0.3, 0.4) is 0 Å². The standard InChI is InChI=1S/C16H33N3O2/c1-12(20)10-19-8-6-13(7-9-19)11-18(5)15(21)14(17)16(2,3)4/h12-14,20H,6-11,17H2,1-5H3/t12?,14-/m1/s1. The number of carbonyl (C=O) groups excluding carboxylic acids is 1. The van der Waals surface area contributed by atoms with Gasteiger partial charge in [0.1, 0.15) is 0 Å². The minimum atomic E-state index is -0.446. The maximum absolute atomic E-state index is 12.3. The lowest BCUT2D eigenvalue weighted by molar-refractivity contribution is -0.134. The zero-order valence-corrected chi connectivity index (χ0v) is 14.3. The Balaban J connectivity index is 2.40. The molecule has 0 aromatic heterocycles. The van der Waals surface area contributed by atoms with Crippen LogP contribution in [0.4, 0.5) is 0 Å². The van der Waals surface area contributed by atoms with Crippen molar-refractivity contribution in [3.8, 4) is 0 Å². The number of rotatable bonds is 5. The number of aliphatic hydroxyl groups is 1. The van der Waals surface area contributed by atoms with Crippen LogP contribution in [-0.4, -0.2) is 66.2 Å². The summed E-state index contributed by atoms with van der Waals surface area (Å²) in [5.41, 5.74) is 5.85. The molecule has 0 aromatic rings. The van der Waals surface area contributed by atoms with Gasteiger partial charge in [-0.15, -0.1) is 0 Å². The predicted octanol–water partition coefficient (Wildman–Crippen LogP) is 0.911. The van der Waals surface area contributed by atoms with Gasteiger partial charge in [0.2, 0.25) is 5.91 Å². The number of likely N-dealkylation sites (N-methyl/N-ethyl adjacent to an activating group) is 1. The fraction of sp³-hybridized carbons (Fsp3) is 0.938. The molecule has 1 aliphatic rings. The van der Waals surface area contributed by atoms with E-state index in [1.807, 2.05) is 34.7 Å². The van der Waals surface area contributed by atoms with Crippen molar-refractivity contribution in [2.75, 3.05) is 33.2 Å². The van der Waals surface area contributed by atoms with Gasteiger partial charge in [0.15, 0.2) is 0 Å². The van der Waals surface area contributed by atoms with Crippen molar-refractivity contribution < 1.29 is 9.90 Å². The van der Waals surface area contributed by atoms with Crippen LogP contribution in [0.15, 0.2) is 0 Å². The van der Waals surface area contributed by atoms with E-state index in [2.05, 4.69) is 4.90 Å². The average molecular weight is 299 g/mol. The summed E-state index contributed by atoms with van der Waals surface area (Å²) in [6, 6.07) is -0.446. The van der Waals surface area contributed by atoms with Crippen molar-refractivity contribution in [2.24, 2.45) is 17.1 Å². The molecule has 21 heavy (non-hydrogen) atoms. The van der Waals surface area contributed by atoms with E-state index in [-0.39, 0.29) is 17.4 Å². The summed E-state index contributed by atoms with van der Waals surface area (Å²) in [5, 5.41) is 9.42. The van der Waals surface area contributed by atoms with E-state index < -0.39 is 6.04 Å². The minimum absolute atomic E-state index is 0.0360. The number of aliphatic hydroxyl groups excluding tert-OH is 1. The quantitative estimate of drug-likeness (QED) is 0.792. The fourth-order valence-electron chi connectivity index (χ4n) is 2.81. The number of nitrogens with two attached hydrogens (primary N) is 1. The molecule has 1 fully saturated rings. The molecule has 0 aromatic carbocycles. The first-order valence-corrected chi connectivity index (χ1v) is 8.02. The lowest BCUT2D eigenvalue weighted by Crippen LogP contribution is -2.50. The zero-order chi connectivity index (χ0) is 16.2. The van der Waals surface area contributed by atoms with Crippen LogP contribution in [0.1, 0.15) is 40.5 Å². The first-order chi connectivity index (χ1) is 9.61. The number of amides is 1. The normalized spacial score (nSPS) is 21.1. The maximum atomic E-state index is 12.3. The summed E-state index contributed by atoms with van der Waals surface area (Å²) < 4.78 is 0. The third-order valence-electron chi connectivity index (χ3n) is 4.34. The van der Waals surface area contributed by atoms with Gasteiger partial charge in [-0.25, -0.2) is 0 Å². The number of hydrogen-bond donors (Lipinski definition) is 2. The summed E-state index contributed by atoms with van der Waals surface area (Å²) in [5.74, 6) is 0.574. The summed E-state index contributed by atoms with van der Waals surface area (Å²) in [4.78, 5) is 16.4. The highest BCUT2D eigenvalue weighted by Gasteiger charge is 2.31. The highest BCUT2D eigenvalue weighted by molar-refractivity contribution is 5.82. The van der Waals surface area contributed by atoms with Crippen LogP contribution in [0, 0.1) is 11.3 Å². The van der Waals surface area contributed by atoms with Gasteiger partial charge in [0.05, 0.1) is 12.1 Å². The number of nitrogens with zero attached hydrogens (tertiary/aromatic N) is 2. The molecule has 0 saturated carbocycles. The largest absolute Gasteiger partial charge is 0.392 e. The van der Waals surface area contributed by atoms with E-state index in [9.17, 15) is 9.90 Å². The zero-order valence-electron chi connectivity index (χ0n) is 14.3. The van der Waals surface area contributed by atoms with Crippen LogP contribution in [-0.2, 0) is 4.79 Å². The molecular formula is C16H33N3O2. The Kier molecular flexibility index (Phi) is 6.63. The van der Waals surface area contributed by atoms with Gasteiger partial charge in [0.25, 0.3) is 0 Å². The van der Waals surface area contributed by atoms with E-state index in [1.54, 1.807) is 4.90 Å². The second-order valence-corrected chi connectivity index (χ2v) is 7.66. The van der Waals surface area contributed by atoms with Crippen molar-refractivity contribution in [2.45, 2.75) is 52.7 Å². The molecule has 0 radical (unpaired) electrons. The van der Waals surface area contributed by atoms with E-state index >= 15 is 0 Å². The Hall–Kier alpha value is -0.650. The molecule has 1 saturated heterocycles. The van der Waals surface area contributed by atoms with E-state index in [4.69, 9.17) is 5.73 Å². The van der Waals surface area contributed by atoms with Crippen molar-refractivity contribution in [3.05, 3.63) is 0 Å². The third-order valence-corrected chi connectivity index (χ3v) is 4.34. The van der Waals surface area contributed by atoms with Gasteiger partial charge in [-0.2, -0.15) is 0 Å².